The van der Waals surface area contributed by atoms with Crippen LogP contribution in [0.15, 0.2) is 18.5 Å². The summed E-state index contributed by atoms with van der Waals surface area (Å²) in [5, 5.41) is 3.10. The second-order valence-electron chi connectivity index (χ2n) is 4.02. The zero-order valence-electron chi connectivity index (χ0n) is 9.65. The van der Waals surface area contributed by atoms with Gasteiger partial charge in [-0.3, -0.25) is 9.78 Å². The minimum atomic E-state index is -0.365. The van der Waals surface area contributed by atoms with Crippen LogP contribution in [0, 0.1) is 11.7 Å². The molecule has 0 bridgehead atoms. The Morgan fingerprint density at radius 3 is 3.18 bits per heavy atom. The van der Waals surface area contributed by atoms with Crippen LogP contribution in [0.4, 0.5) is 4.39 Å². The van der Waals surface area contributed by atoms with Gasteiger partial charge in [0.2, 0.25) is 0 Å². The monoisotopic (exact) mass is 238 g/mol. The average molecular weight is 238 g/mol. The van der Waals surface area contributed by atoms with E-state index in [0.29, 0.717) is 25.3 Å². The van der Waals surface area contributed by atoms with Crippen LogP contribution in [0.25, 0.3) is 0 Å². The number of aromatic nitrogens is 1. The molecule has 1 aromatic heterocycles. The number of hydrogen-bond donors (Lipinski definition) is 1. The number of pyridine rings is 1. The molecule has 0 aliphatic carbocycles. The zero-order chi connectivity index (χ0) is 12.3. The van der Waals surface area contributed by atoms with Crippen LogP contribution in [0.1, 0.15) is 18.4 Å². The number of ether oxygens (including phenoxy) is 1. The van der Waals surface area contributed by atoms with Crippen LogP contribution in [-0.4, -0.2) is 30.6 Å². The van der Waals surface area contributed by atoms with Crippen molar-refractivity contribution in [3.05, 3.63) is 29.8 Å². The highest BCUT2D eigenvalue weighted by Crippen LogP contribution is 2.30. The normalized spacial score (nSPS) is 23.6. The van der Waals surface area contributed by atoms with Crippen LogP contribution in [0.2, 0.25) is 0 Å². The molecular formula is C12H15FN2O2. The molecule has 2 atom stereocenters. The summed E-state index contributed by atoms with van der Waals surface area (Å²) in [6.07, 6.45) is 2.72. The first kappa shape index (κ1) is 12.0. The maximum Gasteiger partial charge on any atom is 0.310 e. The van der Waals surface area contributed by atoms with E-state index < -0.39 is 0 Å². The Hall–Kier alpha value is -1.49. The first-order chi connectivity index (χ1) is 8.24. The van der Waals surface area contributed by atoms with Crippen molar-refractivity contribution in [1.82, 2.24) is 10.3 Å². The lowest BCUT2D eigenvalue weighted by Gasteiger charge is -2.17. The molecule has 2 unspecified atom stereocenters. The van der Waals surface area contributed by atoms with Crippen molar-refractivity contribution in [2.75, 3.05) is 19.7 Å². The largest absolute Gasteiger partial charge is 0.466 e. The molecule has 1 aromatic rings. The Bertz CT molecular complexity index is 411. The minimum Gasteiger partial charge on any atom is -0.466 e. The molecule has 5 heteroatoms. The summed E-state index contributed by atoms with van der Waals surface area (Å²) in [7, 11) is 0. The van der Waals surface area contributed by atoms with Gasteiger partial charge in [-0.15, -0.1) is 0 Å². The minimum absolute atomic E-state index is 0.169. The fourth-order valence-electron chi connectivity index (χ4n) is 2.19. The summed E-state index contributed by atoms with van der Waals surface area (Å²) >= 11 is 0. The molecule has 92 valence electrons. The molecule has 0 aromatic carbocycles. The third kappa shape index (κ3) is 2.44. The number of carbonyl (C=O) groups is 1. The lowest BCUT2D eigenvalue weighted by molar-refractivity contribution is -0.147. The number of carbonyl (C=O) groups excluding carboxylic acids is 1. The molecule has 4 nitrogen and oxygen atoms in total. The van der Waals surface area contributed by atoms with Crippen LogP contribution in [-0.2, 0) is 9.53 Å². The quantitative estimate of drug-likeness (QED) is 0.801. The molecule has 2 rings (SSSR count). The van der Waals surface area contributed by atoms with E-state index in [4.69, 9.17) is 4.74 Å². The van der Waals surface area contributed by atoms with Gasteiger partial charge in [0.25, 0.3) is 0 Å². The predicted octanol–water partition coefficient (Wildman–Crippen LogP) is 1.09. The number of nitrogens with one attached hydrogen (secondary N) is 1. The van der Waals surface area contributed by atoms with Gasteiger partial charge in [-0.1, -0.05) is 0 Å². The van der Waals surface area contributed by atoms with E-state index in [1.54, 1.807) is 19.2 Å². The van der Waals surface area contributed by atoms with Crippen LogP contribution < -0.4 is 5.32 Å². The fourth-order valence-corrected chi connectivity index (χ4v) is 2.19. The number of esters is 1. The van der Waals surface area contributed by atoms with E-state index >= 15 is 0 Å². The molecule has 1 aliphatic rings. The van der Waals surface area contributed by atoms with Crippen molar-refractivity contribution in [1.29, 1.82) is 0 Å². The molecule has 0 radical (unpaired) electrons. The topological polar surface area (TPSA) is 51.2 Å². The van der Waals surface area contributed by atoms with E-state index in [1.165, 1.54) is 6.20 Å². The second kappa shape index (κ2) is 5.23. The number of nitrogens with zero attached hydrogens (tertiary/aromatic N) is 1. The SMILES string of the molecule is CCOC(=O)C1CNCC1c1ccncc1F. The first-order valence-corrected chi connectivity index (χ1v) is 5.70. The number of rotatable bonds is 3. The maximum absolute atomic E-state index is 13.6. The van der Waals surface area contributed by atoms with Crippen molar-refractivity contribution < 1.29 is 13.9 Å². The van der Waals surface area contributed by atoms with Gasteiger partial charge in [0.15, 0.2) is 0 Å². The standard InChI is InChI=1S/C12H15FN2O2/c1-2-17-12(16)10-6-15-5-9(10)8-3-4-14-7-11(8)13/h3-4,7,9-10,15H,2,5-6H2,1H3. The van der Waals surface area contributed by atoms with Crippen molar-refractivity contribution >= 4 is 5.97 Å². The van der Waals surface area contributed by atoms with Gasteiger partial charge in [-0.05, 0) is 18.6 Å². The molecule has 0 saturated carbocycles. The van der Waals surface area contributed by atoms with Gasteiger partial charge in [0.05, 0.1) is 18.7 Å². The van der Waals surface area contributed by atoms with Crippen LogP contribution in [0.5, 0.6) is 0 Å². The molecule has 1 saturated heterocycles. The summed E-state index contributed by atoms with van der Waals surface area (Å²) in [4.78, 5) is 15.5. The van der Waals surface area contributed by atoms with Gasteiger partial charge in [-0.25, -0.2) is 4.39 Å². The van der Waals surface area contributed by atoms with E-state index in [9.17, 15) is 9.18 Å². The summed E-state index contributed by atoms with van der Waals surface area (Å²) in [5.74, 6) is -1.11. The van der Waals surface area contributed by atoms with Gasteiger partial charge in [0.1, 0.15) is 5.82 Å². The molecular weight excluding hydrogens is 223 g/mol. The van der Waals surface area contributed by atoms with E-state index in [1.807, 2.05) is 0 Å². The second-order valence-corrected chi connectivity index (χ2v) is 4.02. The number of halogens is 1. The smallest absolute Gasteiger partial charge is 0.310 e. The Balaban J connectivity index is 2.20. The Labute approximate surface area is 99.2 Å². The Kier molecular flexibility index (Phi) is 3.68. The van der Waals surface area contributed by atoms with Crippen molar-refractivity contribution in [2.45, 2.75) is 12.8 Å². The highest BCUT2D eigenvalue weighted by atomic mass is 19.1. The maximum atomic E-state index is 13.6. The molecule has 1 fully saturated rings. The Morgan fingerprint density at radius 1 is 1.65 bits per heavy atom. The van der Waals surface area contributed by atoms with Gasteiger partial charge >= 0.3 is 5.97 Å². The first-order valence-electron chi connectivity index (χ1n) is 5.70. The number of hydrogen-bond acceptors (Lipinski definition) is 4. The lowest BCUT2D eigenvalue weighted by Crippen LogP contribution is -2.24. The highest BCUT2D eigenvalue weighted by molar-refractivity contribution is 5.74. The van der Waals surface area contributed by atoms with Crippen molar-refractivity contribution in [3.8, 4) is 0 Å². The van der Waals surface area contributed by atoms with Gasteiger partial charge < -0.3 is 10.1 Å². The molecule has 17 heavy (non-hydrogen) atoms. The average Bonchev–Trinajstić information content (AvgIpc) is 2.79. The van der Waals surface area contributed by atoms with E-state index in [0.717, 1.165) is 0 Å². The highest BCUT2D eigenvalue weighted by Gasteiger charge is 2.36. The third-order valence-corrected chi connectivity index (χ3v) is 3.01. The van der Waals surface area contributed by atoms with E-state index in [-0.39, 0.29) is 23.6 Å². The summed E-state index contributed by atoms with van der Waals surface area (Å²) < 4.78 is 18.6. The molecule has 1 aliphatic heterocycles. The predicted molar refractivity (Wildman–Crippen MR) is 59.9 cm³/mol. The Morgan fingerprint density at radius 2 is 2.47 bits per heavy atom. The zero-order valence-corrected chi connectivity index (χ0v) is 9.65. The molecule has 0 amide bonds. The molecule has 0 spiro atoms. The third-order valence-electron chi connectivity index (χ3n) is 3.01. The van der Waals surface area contributed by atoms with Crippen molar-refractivity contribution in [3.63, 3.8) is 0 Å². The van der Waals surface area contributed by atoms with Crippen LogP contribution >= 0.6 is 0 Å². The summed E-state index contributed by atoms with van der Waals surface area (Å²) in [6.45, 7) is 3.23. The summed E-state index contributed by atoms with van der Waals surface area (Å²) in [6, 6.07) is 1.62. The van der Waals surface area contributed by atoms with Crippen LogP contribution in [0.3, 0.4) is 0 Å². The lowest BCUT2D eigenvalue weighted by atomic mass is 9.89. The van der Waals surface area contributed by atoms with E-state index in [2.05, 4.69) is 10.3 Å². The van der Waals surface area contributed by atoms with Crippen molar-refractivity contribution in [2.24, 2.45) is 5.92 Å². The van der Waals surface area contributed by atoms with Gasteiger partial charge in [-0.2, -0.15) is 0 Å². The van der Waals surface area contributed by atoms with Gasteiger partial charge in [0, 0.05) is 25.2 Å². The summed E-state index contributed by atoms with van der Waals surface area (Å²) in [5.41, 5.74) is 0.531. The molecule has 2 heterocycles. The molecule has 1 N–H and O–H groups in total. The fraction of sp³-hybridized carbons (Fsp3) is 0.500.